The van der Waals surface area contributed by atoms with Gasteiger partial charge < -0.3 is 14.6 Å². The maximum Gasteiger partial charge on any atom is 0.297 e. The molecule has 5 heteroatoms. The second kappa shape index (κ2) is 4.74. The zero-order chi connectivity index (χ0) is 12.5. The molecule has 0 bridgehead atoms. The van der Waals surface area contributed by atoms with E-state index in [1.165, 1.54) is 10.4 Å². The van der Waals surface area contributed by atoms with Crippen LogP contribution in [0.2, 0.25) is 0 Å². The Kier molecular flexibility index (Phi) is 3.09. The van der Waals surface area contributed by atoms with Gasteiger partial charge >= 0.3 is 0 Å². The predicted molar refractivity (Wildman–Crippen MR) is 73.1 cm³/mol. The van der Waals surface area contributed by atoms with E-state index in [1.807, 2.05) is 18.4 Å². The fourth-order valence-corrected chi connectivity index (χ4v) is 3.42. The molecule has 0 amide bonds. The van der Waals surface area contributed by atoms with E-state index in [4.69, 9.17) is 4.42 Å². The maximum atomic E-state index is 5.60. The first kappa shape index (κ1) is 11.7. The van der Waals surface area contributed by atoms with E-state index >= 15 is 0 Å². The van der Waals surface area contributed by atoms with Crippen molar-refractivity contribution < 1.29 is 4.42 Å². The summed E-state index contributed by atoms with van der Waals surface area (Å²) in [5.74, 6) is 0. The van der Waals surface area contributed by atoms with Gasteiger partial charge in [-0.1, -0.05) is 0 Å². The number of hydrogen-bond donors (Lipinski definition) is 1. The van der Waals surface area contributed by atoms with Crippen molar-refractivity contribution in [3.63, 3.8) is 0 Å². The molecule has 96 valence electrons. The van der Waals surface area contributed by atoms with Gasteiger partial charge in [-0.15, -0.1) is 11.3 Å². The number of fused-ring (bicyclic) bond motifs is 1. The Morgan fingerprint density at radius 1 is 1.61 bits per heavy atom. The number of oxazole rings is 1. The van der Waals surface area contributed by atoms with Crippen molar-refractivity contribution in [1.82, 2.24) is 10.3 Å². The standard InChI is InChI=1S/C13H17N3OS/c1-9-11-4-6-18-12(11)3-5-16(9)13-15-10(7-14-2)8-17-13/h4,6,8-9,14H,3,5,7H2,1-2H3. The van der Waals surface area contributed by atoms with Crippen LogP contribution in [0, 0.1) is 0 Å². The summed E-state index contributed by atoms with van der Waals surface area (Å²) in [5.41, 5.74) is 2.37. The molecule has 0 aliphatic carbocycles. The summed E-state index contributed by atoms with van der Waals surface area (Å²) in [5, 5.41) is 5.26. The highest BCUT2D eigenvalue weighted by atomic mass is 32.1. The molecule has 3 heterocycles. The molecular formula is C13H17N3OS. The minimum Gasteiger partial charge on any atom is -0.432 e. The molecule has 1 aliphatic rings. The van der Waals surface area contributed by atoms with Crippen LogP contribution in [0.15, 0.2) is 22.1 Å². The molecule has 2 aromatic rings. The quantitative estimate of drug-likeness (QED) is 0.924. The Labute approximate surface area is 111 Å². The smallest absolute Gasteiger partial charge is 0.297 e. The molecule has 3 rings (SSSR count). The average molecular weight is 263 g/mol. The van der Waals surface area contributed by atoms with Gasteiger partial charge in [-0.2, -0.15) is 4.98 Å². The highest BCUT2D eigenvalue weighted by molar-refractivity contribution is 7.10. The van der Waals surface area contributed by atoms with Gasteiger partial charge in [-0.25, -0.2) is 0 Å². The van der Waals surface area contributed by atoms with Crippen LogP contribution in [0.4, 0.5) is 6.01 Å². The number of thiophene rings is 1. The molecule has 0 radical (unpaired) electrons. The molecule has 1 N–H and O–H groups in total. The summed E-state index contributed by atoms with van der Waals surface area (Å²) in [6.07, 6.45) is 2.82. The van der Waals surface area contributed by atoms with Crippen LogP contribution < -0.4 is 10.2 Å². The molecule has 18 heavy (non-hydrogen) atoms. The van der Waals surface area contributed by atoms with Gasteiger partial charge in [0.1, 0.15) is 6.26 Å². The van der Waals surface area contributed by atoms with Gasteiger partial charge in [0.2, 0.25) is 0 Å². The maximum absolute atomic E-state index is 5.60. The number of anilines is 1. The molecule has 0 fully saturated rings. The number of hydrogen-bond acceptors (Lipinski definition) is 5. The third-order valence-electron chi connectivity index (χ3n) is 3.42. The average Bonchev–Trinajstić information content (AvgIpc) is 2.99. The SMILES string of the molecule is CNCc1coc(N2CCc3sccc3C2C)n1. The summed E-state index contributed by atoms with van der Waals surface area (Å²) in [6, 6.07) is 3.31. The molecule has 0 saturated carbocycles. The van der Waals surface area contributed by atoms with Gasteiger partial charge in [0.15, 0.2) is 0 Å². The lowest BCUT2D eigenvalue weighted by Crippen LogP contribution is -2.33. The monoisotopic (exact) mass is 263 g/mol. The van der Waals surface area contributed by atoms with Gasteiger partial charge in [0.05, 0.1) is 11.7 Å². The Bertz CT molecular complexity index is 534. The Morgan fingerprint density at radius 3 is 3.33 bits per heavy atom. The van der Waals surface area contributed by atoms with Crippen LogP contribution in [-0.4, -0.2) is 18.6 Å². The third kappa shape index (κ3) is 1.93. The molecule has 4 nitrogen and oxygen atoms in total. The summed E-state index contributed by atoms with van der Waals surface area (Å²) in [6.45, 7) is 3.94. The first-order valence-electron chi connectivity index (χ1n) is 6.21. The number of nitrogens with one attached hydrogen (secondary N) is 1. The van der Waals surface area contributed by atoms with Gasteiger partial charge in [-0.05, 0) is 37.4 Å². The number of rotatable bonds is 3. The first-order valence-corrected chi connectivity index (χ1v) is 7.09. The minimum absolute atomic E-state index is 0.348. The van der Waals surface area contributed by atoms with Crippen LogP contribution >= 0.6 is 11.3 Å². The third-order valence-corrected chi connectivity index (χ3v) is 4.42. The Hall–Kier alpha value is -1.33. The normalized spacial score (nSPS) is 19.0. The molecule has 0 saturated heterocycles. The number of aromatic nitrogens is 1. The fourth-order valence-electron chi connectivity index (χ4n) is 2.46. The van der Waals surface area contributed by atoms with E-state index in [9.17, 15) is 0 Å². The van der Waals surface area contributed by atoms with Crippen molar-refractivity contribution in [2.24, 2.45) is 0 Å². The van der Waals surface area contributed by atoms with E-state index in [0.717, 1.165) is 31.2 Å². The van der Waals surface area contributed by atoms with Crippen LogP contribution in [0.25, 0.3) is 0 Å². The van der Waals surface area contributed by atoms with Crippen LogP contribution in [0.5, 0.6) is 0 Å². The van der Waals surface area contributed by atoms with Gasteiger partial charge in [-0.3, -0.25) is 0 Å². The van der Waals surface area contributed by atoms with Crippen LogP contribution in [0.1, 0.15) is 29.1 Å². The second-order valence-corrected chi connectivity index (χ2v) is 5.57. The minimum atomic E-state index is 0.348. The lowest BCUT2D eigenvalue weighted by molar-refractivity contribution is 0.497. The van der Waals surface area contributed by atoms with Crippen molar-refractivity contribution >= 4 is 17.4 Å². The van der Waals surface area contributed by atoms with Crippen LogP contribution in [-0.2, 0) is 13.0 Å². The zero-order valence-electron chi connectivity index (χ0n) is 10.6. The van der Waals surface area contributed by atoms with Gasteiger partial charge in [0, 0.05) is 18.0 Å². The van der Waals surface area contributed by atoms with E-state index in [0.29, 0.717) is 6.04 Å². The molecule has 0 spiro atoms. The summed E-state index contributed by atoms with van der Waals surface area (Å²) >= 11 is 1.85. The zero-order valence-corrected chi connectivity index (χ0v) is 11.5. The molecule has 0 aromatic carbocycles. The van der Waals surface area contributed by atoms with E-state index in [1.54, 1.807) is 6.26 Å². The Morgan fingerprint density at radius 2 is 2.50 bits per heavy atom. The summed E-state index contributed by atoms with van der Waals surface area (Å²) < 4.78 is 5.60. The Balaban J connectivity index is 1.84. The highest BCUT2D eigenvalue weighted by Gasteiger charge is 2.27. The van der Waals surface area contributed by atoms with Gasteiger partial charge in [0.25, 0.3) is 6.01 Å². The number of nitrogens with zero attached hydrogens (tertiary/aromatic N) is 2. The molecule has 1 atom stereocenters. The van der Waals surface area contributed by atoms with Crippen molar-refractivity contribution in [2.75, 3.05) is 18.5 Å². The van der Waals surface area contributed by atoms with Crippen molar-refractivity contribution in [3.05, 3.63) is 33.8 Å². The first-order chi connectivity index (χ1) is 8.79. The topological polar surface area (TPSA) is 41.3 Å². The van der Waals surface area contributed by atoms with Crippen molar-refractivity contribution in [2.45, 2.75) is 25.9 Å². The van der Waals surface area contributed by atoms with Crippen molar-refractivity contribution in [3.8, 4) is 0 Å². The van der Waals surface area contributed by atoms with E-state index < -0.39 is 0 Å². The molecule has 2 aromatic heterocycles. The molecule has 1 aliphatic heterocycles. The summed E-state index contributed by atoms with van der Waals surface area (Å²) in [7, 11) is 1.91. The summed E-state index contributed by atoms with van der Waals surface area (Å²) in [4.78, 5) is 8.28. The highest BCUT2D eigenvalue weighted by Crippen LogP contribution is 2.35. The lowest BCUT2D eigenvalue weighted by atomic mass is 10.0. The molecular weight excluding hydrogens is 246 g/mol. The second-order valence-electron chi connectivity index (χ2n) is 4.57. The predicted octanol–water partition coefficient (Wildman–Crippen LogP) is 2.58. The molecule has 1 unspecified atom stereocenters. The van der Waals surface area contributed by atoms with Crippen molar-refractivity contribution in [1.29, 1.82) is 0 Å². The van der Waals surface area contributed by atoms with E-state index in [2.05, 4.69) is 33.6 Å². The fraction of sp³-hybridized carbons (Fsp3) is 0.462. The largest absolute Gasteiger partial charge is 0.432 e. The lowest BCUT2D eigenvalue weighted by Gasteiger charge is -2.32. The van der Waals surface area contributed by atoms with E-state index in [-0.39, 0.29) is 0 Å². The van der Waals surface area contributed by atoms with Crippen LogP contribution in [0.3, 0.4) is 0 Å².